The molecule has 0 saturated heterocycles. The molecule has 0 radical (unpaired) electrons. The average Bonchev–Trinajstić information content (AvgIpc) is 2.55. The molecule has 4 bridgehead atoms. The van der Waals surface area contributed by atoms with Crippen molar-refractivity contribution in [2.45, 2.75) is 52.4 Å². The Morgan fingerprint density at radius 2 is 1.63 bits per heavy atom. The van der Waals surface area contributed by atoms with Crippen LogP contribution < -0.4 is 10.6 Å². The van der Waals surface area contributed by atoms with Gasteiger partial charge >= 0.3 is 0 Å². The van der Waals surface area contributed by atoms with Gasteiger partial charge in [0.2, 0.25) is 5.91 Å². The summed E-state index contributed by atoms with van der Waals surface area (Å²) in [6, 6.07) is 6.99. The van der Waals surface area contributed by atoms with Gasteiger partial charge in [0.1, 0.15) is 0 Å². The van der Waals surface area contributed by atoms with Crippen LogP contribution in [-0.4, -0.2) is 24.9 Å². The smallest absolute Gasteiger partial charge is 0.252 e. The molecular weight excluding hydrogens is 360 g/mol. The Kier molecular flexibility index (Phi) is 4.53. The monoisotopic (exact) mass is 388 g/mol. The Hall–Kier alpha value is -1.55. The Bertz CT molecular complexity index is 759. The number of hydrogen-bond acceptors (Lipinski definition) is 2. The van der Waals surface area contributed by atoms with E-state index in [1.165, 1.54) is 19.3 Å². The van der Waals surface area contributed by atoms with E-state index < -0.39 is 0 Å². The first-order valence-corrected chi connectivity index (χ1v) is 10.4. The summed E-state index contributed by atoms with van der Waals surface area (Å²) in [5, 5.41) is 6.39. The number of benzene rings is 1. The average molecular weight is 389 g/mol. The fraction of sp³-hybridized carbons (Fsp3) is 0.636. The molecule has 4 saturated carbocycles. The minimum absolute atomic E-state index is 0.191. The van der Waals surface area contributed by atoms with Gasteiger partial charge in [0.05, 0.1) is 16.0 Å². The highest BCUT2D eigenvalue weighted by atomic mass is 35.5. The Labute approximate surface area is 166 Å². The normalized spacial score (nSPS) is 36.5. The molecule has 4 aliphatic rings. The van der Waals surface area contributed by atoms with Crippen LogP contribution >= 0.6 is 11.6 Å². The van der Waals surface area contributed by atoms with Crippen molar-refractivity contribution >= 4 is 23.4 Å². The van der Waals surface area contributed by atoms with E-state index in [-0.39, 0.29) is 17.2 Å². The van der Waals surface area contributed by atoms with Crippen LogP contribution in [0.5, 0.6) is 0 Å². The maximum absolute atomic E-state index is 13.1. The fourth-order valence-corrected chi connectivity index (χ4v) is 7.20. The van der Waals surface area contributed by atoms with Gasteiger partial charge in [0, 0.05) is 13.1 Å². The highest BCUT2D eigenvalue weighted by molar-refractivity contribution is 6.33. The molecule has 0 aliphatic heterocycles. The minimum atomic E-state index is -0.204. The molecule has 4 aliphatic carbocycles. The molecule has 2 amide bonds. The van der Waals surface area contributed by atoms with Crippen molar-refractivity contribution in [2.75, 3.05) is 13.1 Å². The summed E-state index contributed by atoms with van der Waals surface area (Å²) in [4.78, 5) is 25.3. The second-order valence-corrected chi connectivity index (χ2v) is 10.3. The third-order valence-corrected chi connectivity index (χ3v) is 7.25. The Morgan fingerprint density at radius 1 is 1.00 bits per heavy atom. The first-order chi connectivity index (χ1) is 12.7. The summed E-state index contributed by atoms with van der Waals surface area (Å²) in [5.41, 5.74) is 0.913. The van der Waals surface area contributed by atoms with Crippen LogP contribution in [0.3, 0.4) is 0 Å². The number of hydrogen-bond donors (Lipinski definition) is 2. The summed E-state index contributed by atoms with van der Waals surface area (Å²) >= 11 is 6.05. The zero-order valence-corrected chi connectivity index (χ0v) is 17.0. The summed E-state index contributed by atoms with van der Waals surface area (Å²) in [6.07, 6.45) is 6.90. The molecule has 0 aromatic heterocycles. The maximum Gasteiger partial charge on any atom is 0.252 e. The van der Waals surface area contributed by atoms with E-state index in [2.05, 4.69) is 24.5 Å². The molecule has 2 atom stereocenters. The molecule has 2 N–H and O–H groups in total. The second-order valence-electron chi connectivity index (χ2n) is 9.90. The number of rotatable bonds is 5. The van der Waals surface area contributed by atoms with E-state index in [9.17, 15) is 9.59 Å². The van der Waals surface area contributed by atoms with Crippen LogP contribution in [0.15, 0.2) is 24.3 Å². The van der Waals surface area contributed by atoms with Gasteiger partial charge in [-0.25, -0.2) is 0 Å². The largest absolute Gasteiger partial charge is 0.354 e. The maximum atomic E-state index is 13.1. The SMILES string of the molecule is CC12CC3CC(C)(C1)CC(C(=O)NCCNC(=O)c1ccccc1Cl)(C3)C2. The summed E-state index contributed by atoms with van der Waals surface area (Å²) in [5.74, 6) is 0.683. The topological polar surface area (TPSA) is 58.2 Å². The van der Waals surface area contributed by atoms with Gasteiger partial charge in [-0.3, -0.25) is 9.59 Å². The van der Waals surface area contributed by atoms with Crippen LogP contribution in [0.25, 0.3) is 0 Å². The summed E-state index contributed by atoms with van der Waals surface area (Å²) in [7, 11) is 0. The zero-order chi connectivity index (χ0) is 19.3. The number of amides is 2. The number of carbonyl (C=O) groups is 2. The van der Waals surface area contributed by atoms with Gasteiger partial charge in [-0.05, 0) is 67.4 Å². The molecule has 5 heteroatoms. The van der Waals surface area contributed by atoms with Gasteiger partial charge in [-0.2, -0.15) is 0 Å². The van der Waals surface area contributed by atoms with Gasteiger partial charge in [-0.15, -0.1) is 0 Å². The van der Waals surface area contributed by atoms with Crippen molar-refractivity contribution in [3.63, 3.8) is 0 Å². The van der Waals surface area contributed by atoms with Crippen LogP contribution in [-0.2, 0) is 4.79 Å². The van der Waals surface area contributed by atoms with Crippen molar-refractivity contribution in [1.29, 1.82) is 0 Å². The lowest BCUT2D eigenvalue weighted by molar-refractivity contribution is -0.170. The van der Waals surface area contributed by atoms with E-state index in [1.54, 1.807) is 24.3 Å². The highest BCUT2D eigenvalue weighted by Crippen LogP contribution is 2.69. The van der Waals surface area contributed by atoms with Crippen molar-refractivity contribution in [1.82, 2.24) is 10.6 Å². The second kappa shape index (κ2) is 6.51. The first-order valence-electron chi connectivity index (χ1n) is 10.0. The molecule has 5 rings (SSSR count). The Balaban J connectivity index is 1.33. The van der Waals surface area contributed by atoms with E-state index >= 15 is 0 Å². The number of carbonyl (C=O) groups excluding carboxylic acids is 2. The lowest BCUT2D eigenvalue weighted by Gasteiger charge is -2.64. The number of nitrogens with one attached hydrogen (secondary N) is 2. The predicted octanol–water partition coefficient (Wildman–Crippen LogP) is 4.18. The predicted molar refractivity (Wildman–Crippen MR) is 107 cm³/mol. The molecule has 0 spiro atoms. The number of halogens is 1. The third-order valence-electron chi connectivity index (χ3n) is 6.92. The van der Waals surface area contributed by atoms with Gasteiger partial charge in [-0.1, -0.05) is 37.6 Å². The molecular formula is C22H29ClN2O2. The summed E-state index contributed by atoms with van der Waals surface area (Å²) in [6.45, 7) is 5.61. The van der Waals surface area contributed by atoms with Gasteiger partial charge in [0.25, 0.3) is 5.91 Å². The Morgan fingerprint density at radius 3 is 2.26 bits per heavy atom. The van der Waals surface area contributed by atoms with Crippen LogP contribution in [0.1, 0.15) is 62.7 Å². The molecule has 4 fully saturated rings. The highest BCUT2D eigenvalue weighted by Gasteiger charge is 2.62. The molecule has 1 aromatic rings. The molecule has 0 heterocycles. The van der Waals surface area contributed by atoms with Gasteiger partial charge < -0.3 is 10.6 Å². The molecule has 1 aromatic carbocycles. The zero-order valence-electron chi connectivity index (χ0n) is 16.2. The third kappa shape index (κ3) is 3.49. The fourth-order valence-electron chi connectivity index (χ4n) is 6.98. The molecule has 2 unspecified atom stereocenters. The molecule has 146 valence electrons. The lowest BCUT2D eigenvalue weighted by atomic mass is 9.40. The van der Waals surface area contributed by atoms with Crippen molar-refractivity contribution in [2.24, 2.45) is 22.2 Å². The van der Waals surface area contributed by atoms with Crippen molar-refractivity contribution in [3.05, 3.63) is 34.9 Å². The van der Waals surface area contributed by atoms with Crippen LogP contribution in [0.4, 0.5) is 0 Å². The van der Waals surface area contributed by atoms with E-state index in [4.69, 9.17) is 11.6 Å². The van der Waals surface area contributed by atoms with Gasteiger partial charge in [0.15, 0.2) is 0 Å². The van der Waals surface area contributed by atoms with Crippen molar-refractivity contribution in [3.8, 4) is 0 Å². The minimum Gasteiger partial charge on any atom is -0.354 e. The summed E-state index contributed by atoms with van der Waals surface area (Å²) < 4.78 is 0. The molecule has 27 heavy (non-hydrogen) atoms. The quantitative estimate of drug-likeness (QED) is 0.743. The van der Waals surface area contributed by atoms with Crippen LogP contribution in [0, 0.1) is 22.2 Å². The first kappa shape index (κ1) is 18.8. The van der Waals surface area contributed by atoms with E-state index in [1.807, 2.05) is 0 Å². The van der Waals surface area contributed by atoms with E-state index in [0.29, 0.717) is 40.4 Å². The lowest BCUT2D eigenvalue weighted by Crippen LogP contribution is -2.60. The van der Waals surface area contributed by atoms with Crippen molar-refractivity contribution < 1.29 is 9.59 Å². The van der Waals surface area contributed by atoms with Crippen LogP contribution in [0.2, 0.25) is 5.02 Å². The van der Waals surface area contributed by atoms with E-state index in [0.717, 1.165) is 19.3 Å². The standard InChI is InChI=1S/C22H29ClN2O2/c1-20-9-15-10-21(2,12-20)14-22(11-15,13-20)19(27)25-8-7-24-18(26)16-5-3-4-6-17(16)23/h3-6,15H,7-14H2,1-2H3,(H,24,26)(H,25,27). The molecule has 4 nitrogen and oxygen atoms in total.